The third-order valence-electron chi connectivity index (χ3n) is 6.64. The van der Waals surface area contributed by atoms with Gasteiger partial charge in [-0.15, -0.1) is 11.3 Å². The summed E-state index contributed by atoms with van der Waals surface area (Å²) < 4.78 is 5.95. The molecule has 1 amide bonds. The molecule has 0 aliphatic carbocycles. The van der Waals surface area contributed by atoms with E-state index in [4.69, 9.17) is 22.1 Å². The van der Waals surface area contributed by atoms with Gasteiger partial charge >= 0.3 is 0 Å². The number of amides is 1. The first-order valence-corrected chi connectivity index (χ1v) is 13.6. The van der Waals surface area contributed by atoms with Crippen molar-refractivity contribution >= 4 is 28.8 Å². The van der Waals surface area contributed by atoms with Crippen LogP contribution in [0.1, 0.15) is 27.5 Å². The standard InChI is InChI=1S/C29H29ClN4O2S/c30-23-12-10-22(11-13-23)27(21-6-2-1-3-7-21)34-16-14-33(15-17-34)18-19-36-26-20-37-29(32-26)25-9-5-4-8-24(25)28(31)35/h1-13,20,27H,14-19H2,(H2,31,35). The maximum Gasteiger partial charge on any atom is 0.249 e. The second kappa shape index (κ2) is 11.9. The minimum Gasteiger partial charge on any atom is -0.476 e. The quantitative estimate of drug-likeness (QED) is 0.315. The second-order valence-electron chi connectivity index (χ2n) is 8.99. The van der Waals surface area contributed by atoms with E-state index >= 15 is 0 Å². The normalized spacial score (nSPS) is 15.4. The SMILES string of the molecule is NC(=O)c1ccccc1-c1nc(OCCN2CCN(C(c3ccccc3)c3ccc(Cl)cc3)CC2)cs1. The zero-order chi connectivity index (χ0) is 25.6. The topological polar surface area (TPSA) is 71.7 Å². The van der Waals surface area contributed by atoms with Crippen LogP contribution < -0.4 is 10.5 Å². The fourth-order valence-corrected chi connectivity index (χ4v) is 5.66. The number of primary amides is 1. The Morgan fingerprint density at radius 3 is 2.35 bits per heavy atom. The Balaban J connectivity index is 1.16. The molecule has 1 unspecified atom stereocenters. The third-order valence-corrected chi connectivity index (χ3v) is 7.74. The molecule has 190 valence electrons. The van der Waals surface area contributed by atoms with E-state index in [2.05, 4.69) is 57.2 Å². The molecule has 3 aromatic carbocycles. The smallest absolute Gasteiger partial charge is 0.249 e. The summed E-state index contributed by atoms with van der Waals surface area (Å²) in [6.07, 6.45) is 0. The molecule has 1 atom stereocenters. The average molecular weight is 533 g/mol. The molecule has 6 nitrogen and oxygen atoms in total. The van der Waals surface area contributed by atoms with Gasteiger partial charge in [-0.25, -0.2) is 4.98 Å². The van der Waals surface area contributed by atoms with Gasteiger partial charge in [-0.3, -0.25) is 14.6 Å². The highest BCUT2D eigenvalue weighted by atomic mass is 35.5. The second-order valence-corrected chi connectivity index (χ2v) is 10.3. The number of ether oxygens (including phenoxy) is 1. The highest BCUT2D eigenvalue weighted by Gasteiger charge is 2.26. The molecule has 2 heterocycles. The number of thiazole rings is 1. The van der Waals surface area contributed by atoms with Crippen molar-refractivity contribution in [3.05, 3.63) is 106 Å². The van der Waals surface area contributed by atoms with Crippen LogP contribution >= 0.6 is 22.9 Å². The van der Waals surface area contributed by atoms with Gasteiger partial charge in [0.1, 0.15) is 11.6 Å². The molecule has 8 heteroatoms. The predicted octanol–water partition coefficient (Wildman–Crippen LogP) is 5.35. The lowest BCUT2D eigenvalue weighted by Crippen LogP contribution is -2.48. The Kier molecular flexibility index (Phi) is 8.16. The van der Waals surface area contributed by atoms with Crippen LogP contribution in [0.5, 0.6) is 5.88 Å². The van der Waals surface area contributed by atoms with E-state index in [9.17, 15) is 4.79 Å². The summed E-state index contributed by atoms with van der Waals surface area (Å²) in [5.74, 6) is 0.114. The number of carbonyl (C=O) groups is 1. The molecule has 1 aliphatic heterocycles. The van der Waals surface area contributed by atoms with Gasteiger partial charge in [0.2, 0.25) is 11.8 Å². The molecule has 1 fully saturated rings. The zero-order valence-corrected chi connectivity index (χ0v) is 22.0. The Morgan fingerprint density at radius 2 is 1.62 bits per heavy atom. The number of nitrogens with two attached hydrogens (primary N) is 1. The molecule has 1 aromatic heterocycles. The monoisotopic (exact) mass is 532 g/mol. The Hall–Kier alpha value is -3.23. The van der Waals surface area contributed by atoms with Crippen LogP contribution in [0.4, 0.5) is 0 Å². The lowest BCUT2D eigenvalue weighted by Gasteiger charge is -2.39. The lowest BCUT2D eigenvalue weighted by molar-refractivity contribution is 0.0972. The van der Waals surface area contributed by atoms with Gasteiger partial charge in [0, 0.05) is 48.9 Å². The Morgan fingerprint density at radius 1 is 0.946 bits per heavy atom. The molecule has 5 rings (SSSR count). The van der Waals surface area contributed by atoms with Gasteiger partial charge in [0.15, 0.2) is 0 Å². The first kappa shape index (κ1) is 25.4. The molecular weight excluding hydrogens is 504 g/mol. The van der Waals surface area contributed by atoms with Crippen LogP contribution in [0.2, 0.25) is 5.02 Å². The molecular formula is C29H29ClN4O2S. The highest BCUT2D eigenvalue weighted by Crippen LogP contribution is 2.31. The number of carbonyl (C=O) groups excluding carboxylic acids is 1. The van der Waals surface area contributed by atoms with E-state index in [-0.39, 0.29) is 6.04 Å². The largest absolute Gasteiger partial charge is 0.476 e. The summed E-state index contributed by atoms with van der Waals surface area (Å²) in [5, 5.41) is 3.36. The molecule has 2 N–H and O–H groups in total. The Bertz CT molecular complexity index is 1320. The average Bonchev–Trinajstić information content (AvgIpc) is 3.40. The van der Waals surface area contributed by atoms with Gasteiger partial charge < -0.3 is 10.5 Å². The van der Waals surface area contributed by atoms with Crippen molar-refractivity contribution in [2.24, 2.45) is 5.73 Å². The van der Waals surface area contributed by atoms with Crippen molar-refractivity contribution < 1.29 is 9.53 Å². The first-order valence-electron chi connectivity index (χ1n) is 12.3. The zero-order valence-electron chi connectivity index (χ0n) is 20.4. The van der Waals surface area contributed by atoms with E-state index in [1.807, 2.05) is 29.6 Å². The summed E-state index contributed by atoms with van der Waals surface area (Å²) in [5.41, 5.74) is 9.26. The number of nitrogens with zero attached hydrogens (tertiary/aromatic N) is 3. The molecule has 0 bridgehead atoms. The molecule has 37 heavy (non-hydrogen) atoms. The third kappa shape index (κ3) is 6.19. The lowest BCUT2D eigenvalue weighted by atomic mass is 9.96. The maximum absolute atomic E-state index is 11.7. The van der Waals surface area contributed by atoms with Crippen molar-refractivity contribution in [2.45, 2.75) is 6.04 Å². The van der Waals surface area contributed by atoms with Gasteiger partial charge in [0.05, 0.1) is 11.4 Å². The van der Waals surface area contributed by atoms with E-state index in [0.29, 0.717) is 18.1 Å². The number of hydrogen-bond acceptors (Lipinski definition) is 6. The predicted molar refractivity (Wildman–Crippen MR) is 149 cm³/mol. The number of rotatable bonds is 9. The number of benzene rings is 3. The highest BCUT2D eigenvalue weighted by molar-refractivity contribution is 7.13. The minimum atomic E-state index is -0.460. The van der Waals surface area contributed by atoms with Gasteiger partial charge in [-0.1, -0.05) is 72.3 Å². The molecule has 0 spiro atoms. The van der Waals surface area contributed by atoms with Gasteiger partial charge in [0.25, 0.3) is 0 Å². The van der Waals surface area contributed by atoms with Crippen LogP contribution in [-0.2, 0) is 0 Å². The van der Waals surface area contributed by atoms with Gasteiger partial charge in [-0.2, -0.15) is 0 Å². The van der Waals surface area contributed by atoms with Crippen molar-refractivity contribution in [1.82, 2.24) is 14.8 Å². The van der Waals surface area contributed by atoms with Crippen molar-refractivity contribution in [3.63, 3.8) is 0 Å². The Labute approximate surface area is 226 Å². The van der Waals surface area contributed by atoms with Crippen molar-refractivity contribution in [3.8, 4) is 16.5 Å². The van der Waals surface area contributed by atoms with Crippen LogP contribution in [0, 0.1) is 0 Å². The van der Waals surface area contributed by atoms with Crippen molar-refractivity contribution in [2.75, 3.05) is 39.3 Å². The van der Waals surface area contributed by atoms with Gasteiger partial charge in [-0.05, 0) is 29.3 Å². The number of piperazine rings is 1. The number of hydrogen-bond donors (Lipinski definition) is 1. The molecule has 0 radical (unpaired) electrons. The molecule has 1 saturated heterocycles. The molecule has 4 aromatic rings. The van der Waals surface area contributed by atoms with E-state index in [1.54, 1.807) is 12.1 Å². The van der Waals surface area contributed by atoms with Crippen LogP contribution in [-0.4, -0.2) is 60.0 Å². The molecule has 0 saturated carbocycles. The summed E-state index contributed by atoms with van der Waals surface area (Å²) in [6.45, 7) is 5.25. The van der Waals surface area contributed by atoms with Crippen molar-refractivity contribution in [1.29, 1.82) is 0 Å². The summed E-state index contributed by atoms with van der Waals surface area (Å²) in [6, 6.07) is 26.3. The van der Waals surface area contributed by atoms with Crippen LogP contribution in [0.3, 0.4) is 0 Å². The summed E-state index contributed by atoms with van der Waals surface area (Å²) in [7, 11) is 0. The number of halogens is 1. The fraction of sp³-hybridized carbons (Fsp3) is 0.241. The summed E-state index contributed by atoms with van der Waals surface area (Å²) in [4.78, 5) is 21.3. The molecule has 1 aliphatic rings. The fourth-order valence-electron chi connectivity index (χ4n) is 4.75. The first-order chi connectivity index (χ1) is 18.1. The summed E-state index contributed by atoms with van der Waals surface area (Å²) >= 11 is 7.61. The van der Waals surface area contributed by atoms with Crippen LogP contribution in [0.15, 0.2) is 84.2 Å². The minimum absolute atomic E-state index is 0.202. The number of aromatic nitrogens is 1. The maximum atomic E-state index is 11.7. The van der Waals surface area contributed by atoms with E-state index < -0.39 is 5.91 Å². The van der Waals surface area contributed by atoms with E-state index in [1.165, 1.54) is 22.5 Å². The van der Waals surface area contributed by atoms with E-state index in [0.717, 1.165) is 48.3 Å². The van der Waals surface area contributed by atoms with Crippen LogP contribution in [0.25, 0.3) is 10.6 Å².